The molecule has 1 aromatic heterocycles. The van der Waals surface area contributed by atoms with Crippen molar-refractivity contribution in [3.05, 3.63) is 53.1 Å². The summed E-state index contributed by atoms with van der Waals surface area (Å²) < 4.78 is 1.84. The minimum absolute atomic E-state index is 0.0361. The van der Waals surface area contributed by atoms with Crippen LogP contribution < -0.4 is 10.6 Å². The zero-order valence-corrected chi connectivity index (χ0v) is 15.5. The number of nitrogens with one attached hydrogen (secondary N) is 2. The molecule has 0 atom stereocenters. The average Bonchev–Trinajstić information content (AvgIpc) is 3.43. The molecule has 0 aliphatic heterocycles. The highest BCUT2D eigenvalue weighted by Crippen LogP contribution is 2.36. The molecule has 1 saturated carbocycles. The summed E-state index contributed by atoms with van der Waals surface area (Å²) in [5, 5.41) is 27.3. The number of hydrogen-bond acceptors (Lipinski definition) is 6. The van der Waals surface area contributed by atoms with E-state index in [1.165, 1.54) is 0 Å². The second kappa shape index (κ2) is 7.66. The van der Waals surface area contributed by atoms with Crippen LogP contribution in [0.25, 0.3) is 11.4 Å². The second-order valence-electron chi connectivity index (χ2n) is 6.46. The number of amides is 1. The molecule has 140 valence electrons. The molecule has 4 rings (SSSR count). The molecule has 0 saturated heterocycles. The van der Waals surface area contributed by atoms with Crippen LogP contribution in [0, 0.1) is 11.3 Å². The standard InChI is InChI=1S/C19H16ClN7O/c20-14-5-4-13(10-21)17(9-14)23-18(28)11-22-15-3-1-2-12(8-15)19-24-25-26-27(19)16-6-7-16/h1-5,8-9,16,22H,6-7,11H2,(H,23,28). The molecule has 1 amide bonds. The Kier molecular flexibility index (Phi) is 4.91. The zero-order valence-electron chi connectivity index (χ0n) is 14.8. The molecule has 2 N–H and O–H groups in total. The van der Waals surface area contributed by atoms with E-state index in [0.717, 1.165) is 24.1 Å². The fourth-order valence-corrected chi connectivity index (χ4v) is 2.98. The van der Waals surface area contributed by atoms with Crippen molar-refractivity contribution in [2.24, 2.45) is 0 Å². The van der Waals surface area contributed by atoms with E-state index in [9.17, 15) is 4.79 Å². The Hall–Kier alpha value is -3.44. The van der Waals surface area contributed by atoms with Crippen LogP contribution in [0.3, 0.4) is 0 Å². The Bertz CT molecular complexity index is 1070. The Balaban J connectivity index is 1.43. The van der Waals surface area contributed by atoms with E-state index in [2.05, 4.69) is 26.2 Å². The fourth-order valence-electron chi connectivity index (χ4n) is 2.81. The van der Waals surface area contributed by atoms with Gasteiger partial charge in [0.1, 0.15) is 6.07 Å². The van der Waals surface area contributed by atoms with Gasteiger partial charge in [0.15, 0.2) is 5.82 Å². The maximum atomic E-state index is 12.3. The third kappa shape index (κ3) is 3.94. The minimum atomic E-state index is -0.285. The third-order valence-electron chi connectivity index (χ3n) is 4.34. The quantitative estimate of drug-likeness (QED) is 0.665. The molecule has 1 aliphatic carbocycles. The molecule has 1 fully saturated rings. The van der Waals surface area contributed by atoms with E-state index in [-0.39, 0.29) is 12.5 Å². The summed E-state index contributed by atoms with van der Waals surface area (Å²) in [6.07, 6.45) is 2.18. The highest BCUT2D eigenvalue weighted by Gasteiger charge is 2.28. The topological polar surface area (TPSA) is 109 Å². The van der Waals surface area contributed by atoms with Crippen molar-refractivity contribution in [3.8, 4) is 17.5 Å². The predicted octanol–water partition coefficient (Wildman–Crippen LogP) is 3.25. The second-order valence-corrected chi connectivity index (χ2v) is 6.90. The normalized spacial score (nSPS) is 13.0. The van der Waals surface area contributed by atoms with Gasteiger partial charge < -0.3 is 10.6 Å². The van der Waals surface area contributed by atoms with Gasteiger partial charge in [-0.1, -0.05) is 23.7 Å². The van der Waals surface area contributed by atoms with Crippen molar-refractivity contribution in [1.82, 2.24) is 20.2 Å². The fraction of sp³-hybridized carbons (Fsp3) is 0.211. The van der Waals surface area contributed by atoms with E-state index in [1.807, 2.05) is 35.0 Å². The van der Waals surface area contributed by atoms with Gasteiger partial charge in [-0.15, -0.1) is 5.10 Å². The SMILES string of the molecule is N#Cc1ccc(Cl)cc1NC(=O)CNc1cccc(-c2nnnn2C2CC2)c1. The van der Waals surface area contributed by atoms with Gasteiger partial charge in [0.2, 0.25) is 5.91 Å². The molecular weight excluding hydrogens is 378 g/mol. The molecular formula is C19H16ClN7O. The van der Waals surface area contributed by atoms with Gasteiger partial charge in [0, 0.05) is 16.3 Å². The lowest BCUT2D eigenvalue weighted by atomic mass is 10.2. The molecule has 2 aromatic carbocycles. The molecule has 0 bridgehead atoms. The summed E-state index contributed by atoms with van der Waals surface area (Å²) >= 11 is 5.94. The highest BCUT2D eigenvalue weighted by atomic mass is 35.5. The van der Waals surface area contributed by atoms with Crippen molar-refractivity contribution in [2.45, 2.75) is 18.9 Å². The van der Waals surface area contributed by atoms with Gasteiger partial charge >= 0.3 is 0 Å². The van der Waals surface area contributed by atoms with E-state index in [4.69, 9.17) is 16.9 Å². The molecule has 28 heavy (non-hydrogen) atoms. The number of nitriles is 1. The van der Waals surface area contributed by atoms with Gasteiger partial charge in [-0.2, -0.15) is 5.26 Å². The van der Waals surface area contributed by atoms with Crippen LogP contribution in [0.1, 0.15) is 24.4 Å². The summed E-state index contributed by atoms with van der Waals surface area (Å²) in [4.78, 5) is 12.3. The number of aromatic nitrogens is 4. The third-order valence-corrected chi connectivity index (χ3v) is 4.57. The number of nitrogens with zero attached hydrogens (tertiary/aromatic N) is 5. The van der Waals surface area contributed by atoms with Gasteiger partial charge in [-0.25, -0.2) is 4.68 Å². The summed E-state index contributed by atoms with van der Waals surface area (Å²) in [5.74, 6) is 0.431. The molecule has 8 nitrogen and oxygen atoms in total. The van der Waals surface area contributed by atoms with Gasteiger partial charge in [-0.05, 0) is 53.6 Å². The Labute approximate surface area is 166 Å². The lowest BCUT2D eigenvalue weighted by Crippen LogP contribution is -2.22. The molecule has 9 heteroatoms. The van der Waals surface area contributed by atoms with Gasteiger partial charge in [0.25, 0.3) is 0 Å². The summed E-state index contributed by atoms with van der Waals surface area (Å²) in [6, 6.07) is 14.7. The monoisotopic (exact) mass is 393 g/mol. The lowest BCUT2D eigenvalue weighted by molar-refractivity contribution is -0.114. The Morgan fingerprint density at radius 1 is 1.29 bits per heavy atom. The molecule has 0 spiro atoms. The number of rotatable bonds is 6. The smallest absolute Gasteiger partial charge is 0.243 e. The van der Waals surface area contributed by atoms with Crippen LogP contribution in [0.4, 0.5) is 11.4 Å². The number of benzene rings is 2. The number of carbonyl (C=O) groups is 1. The van der Waals surface area contributed by atoms with Crippen molar-refractivity contribution in [3.63, 3.8) is 0 Å². The first-order valence-electron chi connectivity index (χ1n) is 8.76. The lowest BCUT2D eigenvalue weighted by Gasteiger charge is -2.10. The number of halogens is 1. The molecule has 3 aromatic rings. The van der Waals surface area contributed by atoms with Crippen LogP contribution in [-0.2, 0) is 4.79 Å². The van der Waals surface area contributed by atoms with Crippen molar-refractivity contribution < 1.29 is 4.79 Å². The Morgan fingerprint density at radius 3 is 2.93 bits per heavy atom. The van der Waals surface area contributed by atoms with Crippen LogP contribution in [0.15, 0.2) is 42.5 Å². The van der Waals surface area contributed by atoms with Gasteiger partial charge in [-0.3, -0.25) is 4.79 Å². The zero-order chi connectivity index (χ0) is 19.5. The maximum Gasteiger partial charge on any atom is 0.243 e. The summed E-state index contributed by atoms with van der Waals surface area (Å²) in [5.41, 5.74) is 2.39. The maximum absolute atomic E-state index is 12.3. The van der Waals surface area contributed by atoms with E-state index in [0.29, 0.717) is 28.1 Å². The number of carbonyl (C=O) groups excluding carboxylic acids is 1. The van der Waals surface area contributed by atoms with E-state index in [1.54, 1.807) is 18.2 Å². The average molecular weight is 394 g/mol. The highest BCUT2D eigenvalue weighted by molar-refractivity contribution is 6.31. The van der Waals surface area contributed by atoms with Crippen molar-refractivity contribution in [2.75, 3.05) is 17.2 Å². The summed E-state index contributed by atoms with van der Waals surface area (Å²) in [7, 11) is 0. The minimum Gasteiger partial charge on any atom is -0.376 e. The van der Waals surface area contributed by atoms with E-state index < -0.39 is 0 Å². The van der Waals surface area contributed by atoms with E-state index >= 15 is 0 Å². The van der Waals surface area contributed by atoms with Crippen molar-refractivity contribution in [1.29, 1.82) is 5.26 Å². The van der Waals surface area contributed by atoms with Crippen LogP contribution in [-0.4, -0.2) is 32.7 Å². The predicted molar refractivity (Wildman–Crippen MR) is 105 cm³/mol. The first-order valence-corrected chi connectivity index (χ1v) is 9.13. The summed E-state index contributed by atoms with van der Waals surface area (Å²) in [6.45, 7) is 0.0361. The van der Waals surface area contributed by atoms with Gasteiger partial charge in [0.05, 0.1) is 23.8 Å². The first-order chi connectivity index (χ1) is 13.6. The van der Waals surface area contributed by atoms with Crippen LogP contribution in [0.5, 0.6) is 0 Å². The molecule has 0 radical (unpaired) electrons. The number of hydrogen-bond donors (Lipinski definition) is 2. The number of tetrazole rings is 1. The largest absolute Gasteiger partial charge is 0.376 e. The number of anilines is 2. The van der Waals surface area contributed by atoms with Crippen molar-refractivity contribution >= 4 is 28.9 Å². The first kappa shape index (κ1) is 17.9. The molecule has 0 unspecified atom stereocenters. The van der Waals surface area contributed by atoms with Crippen LogP contribution in [0.2, 0.25) is 5.02 Å². The van der Waals surface area contributed by atoms with Crippen LogP contribution >= 0.6 is 11.6 Å². The Morgan fingerprint density at radius 2 is 2.14 bits per heavy atom. The molecule has 1 heterocycles. The molecule has 1 aliphatic rings.